The Morgan fingerprint density at radius 3 is 2.10 bits per heavy atom. The van der Waals surface area contributed by atoms with E-state index in [4.69, 9.17) is 14.6 Å². The Kier molecular flexibility index (Phi) is 6.68. The SMILES string of the molecule is COCC(NC(=O)OCC1c2ccccc2-c2ccccc21)C(=O)N[C@@H](C)C(=O)O. The van der Waals surface area contributed by atoms with Gasteiger partial charge in [0.15, 0.2) is 0 Å². The monoisotopic (exact) mass is 412 g/mol. The molecule has 0 spiro atoms. The number of carboxylic acid groups (broad SMARTS) is 1. The molecule has 3 rings (SSSR count). The summed E-state index contributed by atoms with van der Waals surface area (Å²) in [7, 11) is 1.38. The second-order valence-electron chi connectivity index (χ2n) is 7.05. The highest BCUT2D eigenvalue weighted by Gasteiger charge is 2.30. The van der Waals surface area contributed by atoms with Gasteiger partial charge in [-0.25, -0.2) is 4.79 Å². The molecule has 2 amide bonds. The number of ether oxygens (including phenoxy) is 2. The number of carboxylic acids is 1. The lowest BCUT2D eigenvalue weighted by molar-refractivity contribution is -0.141. The molecule has 8 nitrogen and oxygen atoms in total. The maximum absolute atomic E-state index is 12.3. The van der Waals surface area contributed by atoms with Crippen LogP contribution < -0.4 is 10.6 Å². The summed E-state index contributed by atoms with van der Waals surface area (Å²) in [6.45, 7) is 1.31. The number of aliphatic carboxylic acids is 1. The van der Waals surface area contributed by atoms with Gasteiger partial charge in [-0.15, -0.1) is 0 Å². The van der Waals surface area contributed by atoms with Crippen LogP contribution in [0.15, 0.2) is 48.5 Å². The van der Waals surface area contributed by atoms with E-state index in [9.17, 15) is 14.4 Å². The summed E-state index contributed by atoms with van der Waals surface area (Å²) in [5, 5.41) is 13.7. The molecule has 30 heavy (non-hydrogen) atoms. The first kappa shape index (κ1) is 21.3. The lowest BCUT2D eigenvalue weighted by atomic mass is 9.98. The number of amides is 2. The molecule has 0 fully saturated rings. The molecule has 1 aliphatic carbocycles. The van der Waals surface area contributed by atoms with Crippen molar-refractivity contribution < 1.29 is 29.0 Å². The summed E-state index contributed by atoms with van der Waals surface area (Å²) in [5.74, 6) is -1.95. The zero-order valence-corrected chi connectivity index (χ0v) is 16.8. The number of rotatable bonds is 8. The summed E-state index contributed by atoms with van der Waals surface area (Å²) in [5.41, 5.74) is 4.38. The van der Waals surface area contributed by atoms with Crippen molar-refractivity contribution in [3.63, 3.8) is 0 Å². The van der Waals surface area contributed by atoms with Gasteiger partial charge in [-0.2, -0.15) is 0 Å². The number of carbonyl (C=O) groups is 3. The summed E-state index contributed by atoms with van der Waals surface area (Å²) >= 11 is 0. The lowest BCUT2D eigenvalue weighted by Crippen LogP contribution is -2.52. The second-order valence-corrected chi connectivity index (χ2v) is 7.05. The van der Waals surface area contributed by atoms with Crippen LogP contribution in [-0.4, -0.2) is 55.5 Å². The summed E-state index contributed by atoms with van der Waals surface area (Å²) in [4.78, 5) is 35.5. The number of alkyl carbamates (subject to hydrolysis) is 1. The number of benzene rings is 2. The summed E-state index contributed by atoms with van der Waals surface area (Å²) < 4.78 is 10.4. The molecule has 0 heterocycles. The third-order valence-electron chi connectivity index (χ3n) is 5.01. The molecule has 0 aliphatic heterocycles. The Hall–Kier alpha value is -3.39. The van der Waals surface area contributed by atoms with E-state index in [1.54, 1.807) is 0 Å². The molecular formula is C22H24N2O6. The van der Waals surface area contributed by atoms with Crippen LogP contribution >= 0.6 is 0 Å². The van der Waals surface area contributed by atoms with Gasteiger partial charge in [0.2, 0.25) is 5.91 Å². The van der Waals surface area contributed by atoms with Crippen LogP contribution in [0.25, 0.3) is 11.1 Å². The van der Waals surface area contributed by atoms with Gasteiger partial charge < -0.3 is 25.2 Å². The van der Waals surface area contributed by atoms with Crippen LogP contribution in [0.2, 0.25) is 0 Å². The molecule has 1 aliphatic rings. The van der Waals surface area contributed by atoms with E-state index in [2.05, 4.69) is 10.6 Å². The largest absolute Gasteiger partial charge is 0.480 e. The van der Waals surface area contributed by atoms with Crippen molar-refractivity contribution >= 4 is 18.0 Å². The quantitative estimate of drug-likeness (QED) is 0.612. The molecule has 3 N–H and O–H groups in total. The van der Waals surface area contributed by atoms with Crippen LogP contribution in [0, 0.1) is 0 Å². The highest BCUT2D eigenvalue weighted by molar-refractivity contribution is 5.89. The Morgan fingerprint density at radius 1 is 1.00 bits per heavy atom. The molecule has 2 atom stereocenters. The number of hydrogen-bond acceptors (Lipinski definition) is 5. The first-order chi connectivity index (χ1) is 14.4. The topological polar surface area (TPSA) is 114 Å². The van der Waals surface area contributed by atoms with E-state index in [0.29, 0.717) is 0 Å². The number of nitrogens with one attached hydrogen (secondary N) is 2. The van der Waals surface area contributed by atoms with E-state index in [-0.39, 0.29) is 19.1 Å². The molecule has 0 bridgehead atoms. The molecule has 8 heteroatoms. The fraction of sp³-hybridized carbons (Fsp3) is 0.318. The van der Waals surface area contributed by atoms with E-state index >= 15 is 0 Å². The number of fused-ring (bicyclic) bond motifs is 3. The van der Waals surface area contributed by atoms with Crippen molar-refractivity contribution in [2.75, 3.05) is 20.3 Å². The van der Waals surface area contributed by atoms with Crippen molar-refractivity contribution in [3.8, 4) is 11.1 Å². The van der Waals surface area contributed by atoms with E-state index in [1.807, 2.05) is 48.5 Å². The molecule has 0 saturated carbocycles. The molecule has 0 saturated heterocycles. The normalized spacial score (nSPS) is 14.2. The van der Waals surface area contributed by atoms with Gasteiger partial charge in [-0.3, -0.25) is 9.59 Å². The maximum atomic E-state index is 12.3. The minimum atomic E-state index is -1.18. The highest BCUT2D eigenvalue weighted by atomic mass is 16.5. The third-order valence-corrected chi connectivity index (χ3v) is 5.01. The van der Waals surface area contributed by atoms with Crippen molar-refractivity contribution in [2.24, 2.45) is 0 Å². The molecule has 2 aromatic rings. The molecule has 1 unspecified atom stereocenters. The molecule has 158 valence electrons. The zero-order chi connectivity index (χ0) is 21.7. The Labute approximate surface area is 174 Å². The van der Waals surface area contributed by atoms with Crippen LogP contribution in [0.1, 0.15) is 24.0 Å². The second kappa shape index (κ2) is 9.41. The molecule has 2 aromatic carbocycles. The average molecular weight is 412 g/mol. The smallest absolute Gasteiger partial charge is 0.407 e. The van der Waals surface area contributed by atoms with Crippen molar-refractivity contribution in [2.45, 2.75) is 24.9 Å². The fourth-order valence-electron chi connectivity index (χ4n) is 3.51. The van der Waals surface area contributed by atoms with E-state index in [1.165, 1.54) is 14.0 Å². The average Bonchev–Trinajstić information content (AvgIpc) is 3.05. The van der Waals surface area contributed by atoms with Gasteiger partial charge in [-0.1, -0.05) is 48.5 Å². The predicted molar refractivity (Wildman–Crippen MR) is 109 cm³/mol. The van der Waals surface area contributed by atoms with Crippen molar-refractivity contribution in [1.29, 1.82) is 0 Å². The molecule has 0 aromatic heterocycles. The van der Waals surface area contributed by atoms with Crippen LogP contribution in [0.3, 0.4) is 0 Å². The minimum absolute atomic E-state index is 0.104. The number of hydrogen-bond donors (Lipinski definition) is 3. The minimum Gasteiger partial charge on any atom is -0.480 e. The zero-order valence-electron chi connectivity index (χ0n) is 16.8. The van der Waals surface area contributed by atoms with Gasteiger partial charge in [0.05, 0.1) is 6.61 Å². The summed E-state index contributed by atoms with van der Waals surface area (Å²) in [6.07, 6.45) is -0.781. The predicted octanol–water partition coefficient (Wildman–Crippen LogP) is 2.13. The first-order valence-electron chi connectivity index (χ1n) is 9.56. The van der Waals surface area contributed by atoms with Crippen LogP contribution in [0.4, 0.5) is 4.79 Å². The van der Waals surface area contributed by atoms with E-state index < -0.39 is 30.1 Å². The van der Waals surface area contributed by atoms with Crippen LogP contribution in [-0.2, 0) is 19.1 Å². The maximum Gasteiger partial charge on any atom is 0.407 e. The Morgan fingerprint density at radius 2 is 1.57 bits per heavy atom. The Bertz CT molecular complexity index is 899. The van der Waals surface area contributed by atoms with Gasteiger partial charge in [0.25, 0.3) is 0 Å². The Balaban J connectivity index is 1.65. The van der Waals surface area contributed by atoms with Gasteiger partial charge in [0, 0.05) is 13.0 Å². The summed E-state index contributed by atoms with van der Waals surface area (Å²) in [6, 6.07) is 13.8. The third kappa shape index (κ3) is 4.60. The molecule has 0 radical (unpaired) electrons. The van der Waals surface area contributed by atoms with Crippen molar-refractivity contribution in [1.82, 2.24) is 10.6 Å². The van der Waals surface area contributed by atoms with Gasteiger partial charge >= 0.3 is 12.1 Å². The fourth-order valence-corrected chi connectivity index (χ4v) is 3.51. The molecular weight excluding hydrogens is 388 g/mol. The van der Waals surface area contributed by atoms with E-state index in [0.717, 1.165) is 22.3 Å². The highest BCUT2D eigenvalue weighted by Crippen LogP contribution is 2.44. The number of methoxy groups -OCH3 is 1. The van der Waals surface area contributed by atoms with Crippen molar-refractivity contribution in [3.05, 3.63) is 59.7 Å². The first-order valence-corrected chi connectivity index (χ1v) is 9.56. The van der Waals surface area contributed by atoms with Gasteiger partial charge in [-0.05, 0) is 29.2 Å². The van der Waals surface area contributed by atoms with Crippen LogP contribution in [0.5, 0.6) is 0 Å². The number of carbonyl (C=O) groups excluding carboxylic acids is 2. The lowest BCUT2D eigenvalue weighted by Gasteiger charge is -2.20. The standard InChI is InChI=1S/C22H24N2O6/c1-13(21(26)27)23-20(25)19(12-29-2)24-22(28)30-11-18-16-9-5-3-7-14(16)15-8-4-6-10-17(15)18/h3-10,13,18-19H,11-12H2,1-2H3,(H,23,25)(H,24,28)(H,26,27)/t13-,19?/m0/s1. The van der Waals surface area contributed by atoms with Gasteiger partial charge in [0.1, 0.15) is 18.7 Å².